The van der Waals surface area contributed by atoms with Crippen molar-refractivity contribution in [3.63, 3.8) is 0 Å². The van der Waals surface area contributed by atoms with Crippen LogP contribution in [0.1, 0.15) is 12.5 Å². The number of halogens is 2. The Balaban J connectivity index is 1.52. The van der Waals surface area contributed by atoms with Crippen molar-refractivity contribution in [1.82, 2.24) is 10.2 Å². The lowest BCUT2D eigenvalue weighted by molar-refractivity contribution is -0.115. The van der Waals surface area contributed by atoms with Gasteiger partial charge in [-0.05, 0) is 36.8 Å². The summed E-state index contributed by atoms with van der Waals surface area (Å²) in [5.41, 5.74) is 1.06. The summed E-state index contributed by atoms with van der Waals surface area (Å²) < 4.78 is 27.1. The molecular formula is C18H16F2N4OS2. The number of nitrogens with one attached hydrogen (secondary N) is 2. The Bertz CT molecular complexity index is 918. The van der Waals surface area contributed by atoms with Crippen molar-refractivity contribution in [2.45, 2.75) is 23.1 Å². The quantitative estimate of drug-likeness (QED) is 0.564. The molecule has 0 fully saturated rings. The van der Waals surface area contributed by atoms with Crippen molar-refractivity contribution in [3.8, 4) is 0 Å². The number of thioether (sulfide) groups is 1. The number of para-hydroxylation sites is 1. The Kier molecular flexibility index (Phi) is 6.36. The van der Waals surface area contributed by atoms with E-state index in [1.165, 1.54) is 47.4 Å². The van der Waals surface area contributed by atoms with Crippen LogP contribution in [0.5, 0.6) is 0 Å². The van der Waals surface area contributed by atoms with Crippen LogP contribution in [0.3, 0.4) is 0 Å². The zero-order valence-electron chi connectivity index (χ0n) is 14.3. The number of amides is 1. The highest BCUT2D eigenvalue weighted by Gasteiger charge is 2.18. The molecule has 0 saturated carbocycles. The van der Waals surface area contributed by atoms with Gasteiger partial charge < -0.3 is 10.6 Å². The third-order valence-electron chi connectivity index (χ3n) is 3.54. The van der Waals surface area contributed by atoms with E-state index in [1.807, 2.05) is 0 Å². The van der Waals surface area contributed by atoms with Crippen molar-refractivity contribution in [3.05, 3.63) is 65.7 Å². The van der Waals surface area contributed by atoms with Crippen LogP contribution >= 0.6 is 23.1 Å². The van der Waals surface area contributed by atoms with E-state index < -0.39 is 11.1 Å². The van der Waals surface area contributed by atoms with Crippen molar-refractivity contribution in [2.75, 3.05) is 10.6 Å². The van der Waals surface area contributed by atoms with Gasteiger partial charge in [0.2, 0.25) is 11.0 Å². The minimum Gasteiger partial charge on any atom is -0.356 e. The van der Waals surface area contributed by atoms with Crippen LogP contribution in [0, 0.1) is 11.6 Å². The molecule has 1 amide bonds. The second-order valence-corrected chi connectivity index (χ2v) is 8.15. The van der Waals surface area contributed by atoms with Gasteiger partial charge in [0.1, 0.15) is 11.6 Å². The van der Waals surface area contributed by atoms with Gasteiger partial charge in [-0.2, -0.15) is 0 Å². The molecule has 2 N–H and O–H groups in total. The first kappa shape index (κ1) is 19.2. The smallest absolute Gasteiger partial charge is 0.237 e. The van der Waals surface area contributed by atoms with Crippen molar-refractivity contribution >= 4 is 39.8 Å². The van der Waals surface area contributed by atoms with Crippen LogP contribution in [0.15, 0.2) is 52.9 Å². The fourth-order valence-corrected chi connectivity index (χ4v) is 4.00. The molecule has 2 aromatic carbocycles. The van der Waals surface area contributed by atoms with E-state index in [9.17, 15) is 13.6 Å². The minimum absolute atomic E-state index is 0.147. The van der Waals surface area contributed by atoms with E-state index in [2.05, 4.69) is 20.8 Å². The molecule has 140 valence electrons. The number of benzene rings is 2. The lowest BCUT2D eigenvalue weighted by atomic mass is 10.2. The molecule has 0 aliphatic rings. The van der Waals surface area contributed by atoms with Gasteiger partial charge in [-0.15, -0.1) is 10.2 Å². The summed E-state index contributed by atoms with van der Waals surface area (Å²) in [5, 5.41) is 13.9. The summed E-state index contributed by atoms with van der Waals surface area (Å²) in [5.74, 6) is -1.08. The van der Waals surface area contributed by atoms with Crippen molar-refractivity contribution in [1.29, 1.82) is 0 Å². The molecule has 0 saturated heterocycles. The van der Waals surface area contributed by atoms with E-state index in [0.717, 1.165) is 5.56 Å². The molecule has 0 aliphatic carbocycles. The van der Waals surface area contributed by atoms with Gasteiger partial charge in [0.05, 0.1) is 10.9 Å². The molecule has 5 nitrogen and oxygen atoms in total. The van der Waals surface area contributed by atoms with Crippen LogP contribution < -0.4 is 10.6 Å². The van der Waals surface area contributed by atoms with Crippen LogP contribution in [0.25, 0.3) is 0 Å². The van der Waals surface area contributed by atoms with Crippen molar-refractivity contribution in [2.24, 2.45) is 0 Å². The highest BCUT2D eigenvalue weighted by atomic mass is 32.2. The second-order valence-electron chi connectivity index (χ2n) is 5.58. The summed E-state index contributed by atoms with van der Waals surface area (Å²) in [4.78, 5) is 12.2. The van der Waals surface area contributed by atoms with E-state index in [4.69, 9.17) is 0 Å². The van der Waals surface area contributed by atoms with Crippen LogP contribution in [-0.2, 0) is 11.3 Å². The first-order valence-corrected chi connectivity index (χ1v) is 9.75. The topological polar surface area (TPSA) is 66.9 Å². The molecule has 0 bridgehead atoms. The second kappa shape index (κ2) is 8.92. The molecule has 1 aromatic heterocycles. The van der Waals surface area contributed by atoms with E-state index in [-0.39, 0.29) is 17.4 Å². The highest BCUT2D eigenvalue weighted by Crippen LogP contribution is 2.29. The number of carbonyl (C=O) groups is 1. The van der Waals surface area contributed by atoms with Gasteiger partial charge in [-0.1, -0.05) is 47.4 Å². The minimum atomic E-state index is -0.480. The van der Waals surface area contributed by atoms with E-state index >= 15 is 0 Å². The first-order chi connectivity index (χ1) is 13.0. The van der Waals surface area contributed by atoms with Gasteiger partial charge in [-0.3, -0.25) is 4.79 Å². The summed E-state index contributed by atoms with van der Waals surface area (Å²) in [6.45, 7) is 2.21. The van der Waals surface area contributed by atoms with E-state index in [1.54, 1.807) is 31.2 Å². The zero-order valence-corrected chi connectivity index (χ0v) is 15.9. The molecule has 3 aromatic rings. The predicted molar refractivity (Wildman–Crippen MR) is 104 cm³/mol. The maximum Gasteiger partial charge on any atom is 0.237 e. The van der Waals surface area contributed by atoms with Crippen LogP contribution in [0.2, 0.25) is 0 Å². The number of hydrogen-bond acceptors (Lipinski definition) is 6. The summed E-state index contributed by atoms with van der Waals surface area (Å²) >= 11 is 2.55. The molecule has 9 heteroatoms. The van der Waals surface area contributed by atoms with Crippen LogP contribution in [0.4, 0.5) is 19.6 Å². The standard InChI is InChI=1S/C18H16F2N4OS2/c1-11(16(25)22-15-5-3-2-4-14(15)20)26-18-24-23-17(27-18)21-10-12-6-8-13(19)9-7-12/h2-9,11H,10H2,1H3,(H,21,23)(H,22,25). The Hall–Kier alpha value is -2.52. The summed E-state index contributed by atoms with van der Waals surface area (Å²) in [6.07, 6.45) is 0. The monoisotopic (exact) mass is 406 g/mol. The molecule has 1 atom stereocenters. The summed E-state index contributed by atoms with van der Waals surface area (Å²) in [7, 11) is 0. The number of hydrogen-bond donors (Lipinski definition) is 2. The molecule has 0 spiro atoms. The maximum absolute atomic E-state index is 13.6. The SMILES string of the molecule is CC(Sc1nnc(NCc2ccc(F)cc2)s1)C(=O)Nc1ccccc1F. The number of nitrogens with zero attached hydrogens (tertiary/aromatic N) is 2. The number of rotatable bonds is 7. The normalized spacial score (nSPS) is 11.8. The molecule has 27 heavy (non-hydrogen) atoms. The lowest BCUT2D eigenvalue weighted by Crippen LogP contribution is -2.22. The Morgan fingerprint density at radius 3 is 2.63 bits per heavy atom. The Morgan fingerprint density at radius 1 is 1.15 bits per heavy atom. The van der Waals surface area contributed by atoms with E-state index in [0.29, 0.717) is 16.0 Å². The molecule has 1 unspecified atom stereocenters. The Labute approximate surface area is 163 Å². The molecule has 1 heterocycles. The third-order valence-corrected chi connectivity index (χ3v) is 5.61. The number of carbonyl (C=O) groups excluding carboxylic acids is 1. The summed E-state index contributed by atoms with van der Waals surface area (Å²) in [6, 6.07) is 12.2. The highest BCUT2D eigenvalue weighted by molar-refractivity contribution is 8.02. The predicted octanol–water partition coefficient (Wildman–Crippen LogP) is 4.55. The molecular weight excluding hydrogens is 390 g/mol. The fourth-order valence-electron chi connectivity index (χ4n) is 2.11. The van der Waals surface area contributed by atoms with Gasteiger partial charge in [-0.25, -0.2) is 8.78 Å². The maximum atomic E-state index is 13.6. The zero-order chi connectivity index (χ0) is 19.2. The number of anilines is 2. The van der Waals surface area contributed by atoms with Gasteiger partial charge >= 0.3 is 0 Å². The Morgan fingerprint density at radius 2 is 1.89 bits per heavy atom. The van der Waals surface area contributed by atoms with Crippen LogP contribution in [-0.4, -0.2) is 21.4 Å². The molecule has 0 radical (unpaired) electrons. The molecule has 3 rings (SSSR count). The molecule has 0 aliphatic heterocycles. The average Bonchev–Trinajstić information content (AvgIpc) is 3.10. The lowest BCUT2D eigenvalue weighted by Gasteiger charge is -2.10. The van der Waals surface area contributed by atoms with Gasteiger partial charge in [0.15, 0.2) is 4.34 Å². The first-order valence-electron chi connectivity index (χ1n) is 8.05. The van der Waals surface area contributed by atoms with Crippen molar-refractivity contribution < 1.29 is 13.6 Å². The van der Waals surface area contributed by atoms with Gasteiger partial charge in [0, 0.05) is 6.54 Å². The number of aromatic nitrogens is 2. The third kappa shape index (κ3) is 5.48. The fraction of sp³-hybridized carbons (Fsp3) is 0.167. The largest absolute Gasteiger partial charge is 0.356 e. The average molecular weight is 406 g/mol. The van der Waals surface area contributed by atoms with Gasteiger partial charge in [0.25, 0.3) is 0 Å².